The molecule has 0 aliphatic rings. The lowest BCUT2D eigenvalue weighted by Crippen LogP contribution is -2.23. The molecule has 8 heteroatoms. The van der Waals surface area contributed by atoms with Crippen LogP contribution in [0.5, 0.6) is 0 Å². The average Bonchev–Trinajstić information content (AvgIpc) is 2.62. The molecule has 78 valence electrons. The third-order valence-electron chi connectivity index (χ3n) is 2.25. The van der Waals surface area contributed by atoms with Gasteiger partial charge >= 0.3 is 11.2 Å². The maximum Gasteiger partial charge on any atom is 0.355 e. The van der Waals surface area contributed by atoms with Crippen molar-refractivity contribution in [2.45, 2.75) is 6.92 Å². The minimum Gasteiger partial charge on any atom is -0.311 e. The predicted molar refractivity (Wildman–Crippen MR) is 49.6 cm³/mol. The first kappa shape index (κ1) is 9.31. The standard InChI is InChI=1S/C7H7N5O3/c1-4-5(12(14)15)6(13)11-7(10(4)2)8-3-9-11/h3H,1-2H3. The summed E-state index contributed by atoms with van der Waals surface area (Å²) < 4.78 is 2.36. The molecule has 2 heterocycles. The van der Waals surface area contributed by atoms with E-state index in [4.69, 9.17) is 0 Å². The Hall–Kier alpha value is -2.25. The van der Waals surface area contributed by atoms with E-state index in [1.165, 1.54) is 17.8 Å². The van der Waals surface area contributed by atoms with Gasteiger partial charge in [-0.1, -0.05) is 0 Å². The average molecular weight is 209 g/mol. The first-order valence-corrected chi connectivity index (χ1v) is 4.07. The smallest absolute Gasteiger partial charge is 0.311 e. The Bertz CT molecular complexity index is 611. The van der Waals surface area contributed by atoms with Crippen LogP contribution in [-0.4, -0.2) is 24.1 Å². The molecule has 2 aromatic rings. The van der Waals surface area contributed by atoms with Crippen molar-refractivity contribution in [1.29, 1.82) is 0 Å². The van der Waals surface area contributed by atoms with E-state index in [-0.39, 0.29) is 11.5 Å². The van der Waals surface area contributed by atoms with Crippen LogP contribution in [0.4, 0.5) is 5.69 Å². The van der Waals surface area contributed by atoms with Gasteiger partial charge in [0.25, 0.3) is 0 Å². The molecule has 0 aromatic carbocycles. The second-order valence-electron chi connectivity index (χ2n) is 3.03. The van der Waals surface area contributed by atoms with Crippen LogP contribution in [-0.2, 0) is 7.05 Å². The molecule has 0 saturated carbocycles. The zero-order valence-electron chi connectivity index (χ0n) is 8.04. The molecule has 0 spiro atoms. The van der Waals surface area contributed by atoms with Gasteiger partial charge in [0.2, 0.25) is 5.78 Å². The molecule has 0 bridgehead atoms. The fourth-order valence-electron chi connectivity index (χ4n) is 1.38. The summed E-state index contributed by atoms with van der Waals surface area (Å²) in [5.41, 5.74) is -0.982. The van der Waals surface area contributed by atoms with Gasteiger partial charge in [0.1, 0.15) is 12.0 Å². The molecule has 15 heavy (non-hydrogen) atoms. The molecule has 8 nitrogen and oxygen atoms in total. The zero-order valence-corrected chi connectivity index (χ0v) is 8.04. The largest absolute Gasteiger partial charge is 0.355 e. The summed E-state index contributed by atoms with van der Waals surface area (Å²) >= 11 is 0. The van der Waals surface area contributed by atoms with Gasteiger partial charge in [0.05, 0.1) is 4.92 Å². The summed E-state index contributed by atoms with van der Waals surface area (Å²) in [6.07, 6.45) is 1.18. The van der Waals surface area contributed by atoms with Crippen molar-refractivity contribution in [3.63, 3.8) is 0 Å². The number of fused-ring (bicyclic) bond motifs is 1. The lowest BCUT2D eigenvalue weighted by molar-refractivity contribution is -0.387. The molecule has 0 unspecified atom stereocenters. The number of rotatable bonds is 1. The van der Waals surface area contributed by atoms with E-state index in [0.29, 0.717) is 0 Å². The SMILES string of the molecule is Cc1c([N+](=O)[O-])c(=O)n2ncnc2n1C. The van der Waals surface area contributed by atoms with E-state index in [1.54, 1.807) is 7.05 Å². The molecule has 0 amide bonds. The van der Waals surface area contributed by atoms with Gasteiger partial charge in [-0.25, -0.2) is 0 Å². The van der Waals surface area contributed by atoms with Crippen molar-refractivity contribution in [3.8, 4) is 0 Å². The molecular formula is C7H7N5O3. The van der Waals surface area contributed by atoms with Crippen LogP contribution < -0.4 is 5.56 Å². The van der Waals surface area contributed by atoms with E-state index in [2.05, 4.69) is 10.1 Å². The Balaban J connectivity index is 3.05. The normalized spacial score (nSPS) is 10.8. The predicted octanol–water partition coefficient (Wildman–Crippen LogP) is -0.355. The fraction of sp³-hybridized carbons (Fsp3) is 0.286. The van der Waals surface area contributed by atoms with Gasteiger partial charge in [-0.3, -0.25) is 14.9 Å². The Morgan fingerprint density at radius 1 is 1.53 bits per heavy atom. The highest BCUT2D eigenvalue weighted by atomic mass is 16.6. The molecule has 2 aromatic heterocycles. The van der Waals surface area contributed by atoms with Crippen LogP contribution in [0.1, 0.15) is 5.69 Å². The zero-order chi connectivity index (χ0) is 11.2. The number of nitro groups is 1. The highest BCUT2D eigenvalue weighted by molar-refractivity contribution is 5.40. The van der Waals surface area contributed by atoms with Gasteiger partial charge in [-0.15, -0.1) is 5.10 Å². The van der Waals surface area contributed by atoms with Crippen LogP contribution in [0.3, 0.4) is 0 Å². The topological polar surface area (TPSA) is 95.3 Å². The number of hydrogen-bond acceptors (Lipinski definition) is 5. The summed E-state index contributed by atoms with van der Waals surface area (Å²) in [4.78, 5) is 25.4. The van der Waals surface area contributed by atoms with Crippen molar-refractivity contribution in [3.05, 3.63) is 32.5 Å². The second kappa shape index (κ2) is 2.87. The van der Waals surface area contributed by atoms with Crippen LogP contribution in [0.15, 0.2) is 11.1 Å². The lowest BCUT2D eigenvalue weighted by Gasteiger charge is -2.04. The number of aromatic nitrogens is 4. The van der Waals surface area contributed by atoms with Crippen LogP contribution >= 0.6 is 0 Å². The quantitative estimate of drug-likeness (QED) is 0.472. The van der Waals surface area contributed by atoms with Gasteiger partial charge in [0.15, 0.2) is 0 Å². The molecule has 2 rings (SSSR count). The minimum atomic E-state index is -0.761. The summed E-state index contributed by atoms with van der Waals surface area (Å²) in [7, 11) is 1.59. The molecule has 0 saturated heterocycles. The summed E-state index contributed by atoms with van der Waals surface area (Å²) in [6, 6.07) is 0. The molecule has 0 N–H and O–H groups in total. The van der Waals surface area contributed by atoms with Gasteiger partial charge in [0, 0.05) is 7.05 Å². The number of nitrogens with zero attached hydrogens (tertiary/aromatic N) is 5. The lowest BCUT2D eigenvalue weighted by atomic mass is 10.3. The molecule has 0 radical (unpaired) electrons. The van der Waals surface area contributed by atoms with E-state index in [0.717, 1.165) is 4.52 Å². The molecule has 0 aliphatic carbocycles. The van der Waals surface area contributed by atoms with Crippen LogP contribution in [0.25, 0.3) is 5.78 Å². The van der Waals surface area contributed by atoms with Gasteiger partial charge < -0.3 is 4.57 Å². The summed E-state index contributed by atoms with van der Waals surface area (Å²) in [5, 5.41) is 14.3. The highest BCUT2D eigenvalue weighted by Crippen LogP contribution is 2.12. The minimum absolute atomic E-state index is 0.255. The maximum atomic E-state index is 11.6. The van der Waals surface area contributed by atoms with Gasteiger partial charge in [-0.2, -0.15) is 9.50 Å². The number of hydrogen-bond donors (Lipinski definition) is 0. The Kier molecular flexibility index (Phi) is 1.78. The second-order valence-corrected chi connectivity index (χ2v) is 3.03. The molecular weight excluding hydrogens is 202 g/mol. The van der Waals surface area contributed by atoms with E-state index >= 15 is 0 Å². The van der Waals surface area contributed by atoms with E-state index in [9.17, 15) is 14.9 Å². The Morgan fingerprint density at radius 3 is 2.80 bits per heavy atom. The fourth-order valence-corrected chi connectivity index (χ4v) is 1.38. The first-order chi connectivity index (χ1) is 7.04. The van der Waals surface area contributed by atoms with E-state index in [1.807, 2.05) is 0 Å². The van der Waals surface area contributed by atoms with Crippen molar-refractivity contribution in [2.24, 2.45) is 7.05 Å². The molecule has 0 aliphatic heterocycles. The number of aryl methyl sites for hydroxylation is 1. The maximum absolute atomic E-state index is 11.6. The third kappa shape index (κ3) is 1.11. The Labute approximate surface area is 82.9 Å². The summed E-state index contributed by atoms with van der Waals surface area (Å²) in [5.74, 6) is 0.281. The highest BCUT2D eigenvalue weighted by Gasteiger charge is 2.22. The van der Waals surface area contributed by atoms with Crippen molar-refractivity contribution in [1.82, 2.24) is 19.2 Å². The summed E-state index contributed by atoms with van der Waals surface area (Å²) in [6.45, 7) is 1.49. The third-order valence-corrected chi connectivity index (χ3v) is 2.25. The van der Waals surface area contributed by atoms with Crippen molar-refractivity contribution >= 4 is 11.5 Å². The van der Waals surface area contributed by atoms with Crippen LogP contribution in [0, 0.1) is 17.0 Å². The first-order valence-electron chi connectivity index (χ1n) is 4.07. The Morgan fingerprint density at radius 2 is 2.20 bits per heavy atom. The van der Waals surface area contributed by atoms with Crippen LogP contribution in [0.2, 0.25) is 0 Å². The molecule has 0 atom stereocenters. The van der Waals surface area contributed by atoms with Crippen molar-refractivity contribution < 1.29 is 4.92 Å². The van der Waals surface area contributed by atoms with Gasteiger partial charge in [-0.05, 0) is 6.92 Å². The molecule has 0 fully saturated rings. The van der Waals surface area contributed by atoms with Crippen molar-refractivity contribution in [2.75, 3.05) is 0 Å². The van der Waals surface area contributed by atoms with E-state index < -0.39 is 16.2 Å². The monoisotopic (exact) mass is 209 g/mol.